The molecule has 4 heterocycles. The molecule has 1 fully saturated rings. The molecular formula is C26H29FN8O. The summed E-state index contributed by atoms with van der Waals surface area (Å²) in [6.07, 6.45) is 5.21. The number of aromatic nitrogens is 5. The van der Waals surface area contributed by atoms with Crippen molar-refractivity contribution < 1.29 is 4.39 Å². The quantitative estimate of drug-likeness (QED) is 0.382. The number of fused-ring (bicyclic) bond motifs is 1. The molecule has 5 rings (SSSR count). The molecule has 1 saturated heterocycles. The third kappa shape index (κ3) is 4.85. The van der Waals surface area contributed by atoms with Crippen LogP contribution in [0.25, 0.3) is 16.9 Å². The van der Waals surface area contributed by atoms with Crippen LogP contribution >= 0.6 is 0 Å². The summed E-state index contributed by atoms with van der Waals surface area (Å²) < 4.78 is 17.1. The molecule has 186 valence electrons. The summed E-state index contributed by atoms with van der Waals surface area (Å²) in [7, 11) is 2.13. The lowest BCUT2D eigenvalue weighted by molar-refractivity contribution is 0.263. The second-order valence-electron chi connectivity index (χ2n) is 9.16. The Hall–Kier alpha value is -4.05. The van der Waals surface area contributed by atoms with Crippen LogP contribution in [-0.2, 0) is 6.54 Å². The number of nitrogens with one attached hydrogen (secondary N) is 2. The van der Waals surface area contributed by atoms with Gasteiger partial charge < -0.3 is 15.5 Å². The predicted octanol–water partition coefficient (Wildman–Crippen LogP) is 3.86. The van der Waals surface area contributed by atoms with Gasteiger partial charge in [-0.3, -0.25) is 4.79 Å². The van der Waals surface area contributed by atoms with Crippen molar-refractivity contribution in [1.29, 1.82) is 0 Å². The number of allylic oxidation sites excluding steroid dienone is 1. The van der Waals surface area contributed by atoms with E-state index < -0.39 is 0 Å². The summed E-state index contributed by atoms with van der Waals surface area (Å²) in [5.74, 6) is 1.18. The number of anilines is 3. The van der Waals surface area contributed by atoms with Crippen LogP contribution in [-0.4, -0.2) is 55.4 Å². The molecule has 0 bridgehead atoms. The van der Waals surface area contributed by atoms with Crippen molar-refractivity contribution in [2.45, 2.75) is 32.4 Å². The Bertz CT molecular complexity index is 1450. The van der Waals surface area contributed by atoms with Gasteiger partial charge in [0.25, 0.3) is 5.56 Å². The fourth-order valence-electron chi connectivity index (χ4n) is 4.53. The van der Waals surface area contributed by atoms with Crippen LogP contribution in [0.2, 0.25) is 0 Å². The van der Waals surface area contributed by atoms with E-state index in [2.05, 4.69) is 39.1 Å². The summed E-state index contributed by atoms with van der Waals surface area (Å²) in [5, 5.41) is 6.93. The zero-order valence-electron chi connectivity index (χ0n) is 20.4. The summed E-state index contributed by atoms with van der Waals surface area (Å²) in [5.41, 5.74) is 1.45. The summed E-state index contributed by atoms with van der Waals surface area (Å²) in [4.78, 5) is 29.2. The highest BCUT2D eigenvalue weighted by atomic mass is 19.1. The number of rotatable bonds is 7. The van der Waals surface area contributed by atoms with Gasteiger partial charge in [-0.15, -0.1) is 6.58 Å². The molecule has 36 heavy (non-hydrogen) atoms. The number of hydrogen-bond donors (Lipinski definition) is 2. The molecule has 1 aliphatic heterocycles. The van der Waals surface area contributed by atoms with Crippen molar-refractivity contribution in [3.63, 3.8) is 0 Å². The Labute approximate surface area is 208 Å². The first-order valence-electron chi connectivity index (χ1n) is 12.0. The minimum Gasteiger partial charge on any atom is -0.367 e. The molecule has 9 nitrogen and oxygen atoms in total. The minimum absolute atomic E-state index is 0.242. The van der Waals surface area contributed by atoms with E-state index in [0.29, 0.717) is 28.6 Å². The molecule has 0 saturated carbocycles. The van der Waals surface area contributed by atoms with Gasteiger partial charge in [0.05, 0.1) is 6.54 Å². The maximum atomic E-state index is 13.9. The molecule has 3 aromatic heterocycles. The topological polar surface area (TPSA) is 92.9 Å². The Morgan fingerprint density at radius 2 is 2.00 bits per heavy atom. The largest absolute Gasteiger partial charge is 0.367 e. The molecule has 0 unspecified atom stereocenters. The number of halogens is 1. The number of likely N-dealkylation sites (tertiary alicyclic amines) is 1. The number of aryl methyl sites for hydroxylation is 1. The van der Waals surface area contributed by atoms with E-state index in [1.54, 1.807) is 16.8 Å². The molecule has 0 aliphatic carbocycles. The van der Waals surface area contributed by atoms with E-state index in [4.69, 9.17) is 4.98 Å². The maximum absolute atomic E-state index is 13.9. The van der Waals surface area contributed by atoms with Crippen molar-refractivity contribution in [3.8, 4) is 5.82 Å². The molecule has 4 aromatic rings. The number of benzene rings is 1. The van der Waals surface area contributed by atoms with Gasteiger partial charge in [0.15, 0.2) is 11.5 Å². The van der Waals surface area contributed by atoms with Gasteiger partial charge in [-0.2, -0.15) is 4.98 Å². The number of piperidine rings is 1. The van der Waals surface area contributed by atoms with Crippen molar-refractivity contribution in [1.82, 2.24) is 29.2 Å². The van der Waals surface area contributed by atoms with Gasteiger partial charge in [0, 0.05) is 17.9 Å². The summed E-state index contributed by atoms with van der Waals surface area (Å²) in [6.45, 7) is 7.96. The highest BCUT2D eigenvalue weighted by Gasteiger charge is 2.20. The van der Waals surface area contributed by atoms with Crippen LogP contribution in [0.4, 0.5) is 21.8 Å². The van der Waals surface area contributed by atoms with E-state index >= 15 is 0 Å². The molecule has 0 spiro atoms. The van der Waals surface area contributed by atoms with Crippen LogP contribution in [0.3, 0.4) is 0 Å². The molecule has 0 amide bonds. The third-order valence-corrected chi connectivity index (χ3v) is 6.30. The Morgan fingerprint density at radius 1 is 1.19 bits per heavy atom. The molecule has 1 aromatic carbocycles. The molecule has 1 aliphatic rings. The van der Waals surface area contributed by atoms with Gasteiger partial charge in [-0.25, -0.2) is 23.7 Å². The number of pyridine rings is 1. The van der Waals surface area contributed by atoms with Crippen LogP contribution < -0.4 is 16.2 Å². The minimum atomic E-state index is -0.356. The van der Waals surface area contributed by atoms with Gasteiger partial charge in [-0.05, 0) is 75.8 Å². The normalized spacial score (nSPS) is 14.8. The summed E-state index contributed by atoms with van der Waals surface area (Å²) >= 11 is 0. The van der Waals surface area contributed by atoms with Gasteiger partial charge >= 0.3 is 0 Å². The fraction of sp³-hybridized carbons (Fsp3) is 0.308. The van der Waals surface area contributed by atoms with Gasteiger partial charge in [0.2, 0.25) is 5.95 Å². The van der Waals surface area contributed by atoms with Crippen LogP contribution in [0, 0.1) is 12.7 Å². The first kappa shape index (κ1) is 23.7. The van der Waals surface area contributed by atoms with Gasteiger partial charge in [0.1, 0.15) is 17.0 Å². The predicted molar refractivity (Wildman–Crippen MR) is 140 cm³/mol. The average Bonchev–Trinajstić information content (AvgIpc) is 3.11. The standard InChI is InChI=1S/C26H29FN8O/c1-4-10-34-25(36)21-16-28-26(30-20-14-17(2)13-18(27)15-20)32-24(21)35(34)23-7-5-6-22(31-23)29-19-8-11-33(3)12-9-19/h4-7,13-16,19H,1,8-12H2,2-3H3,(H,29,31)(H,28,30,32). The molecule has 0 atom stereocenters. The monoisotopic (exact) mass is 488 g/mol. The number of hydrogen-bond acceptors (Lipinski definition) is 7. The molecular weight excluding hydrogens is 459 g/mol. The Morgan fingerprint density at radius 3 is 2.75 bits per heavy atom. The summed E-state index contributed by atoms with van der Waals surface area (Å²) in [6, 6.07) is 10.6. The van der Waals surface area contributed by atoms with E-state index in [1.165, 1.54) is 23.0 Å². The average molecular weight is 489 g/mol. The SMILES string of the molecule is C=CCn1c(=O)c2cnc(Nc3cc(C)cc(F)c3)nc2n1-c1cccc(NC2CCN(C)CC2)n1. The number of nitrogens with zero attached hydrogens (tertiary/aromatic N) is 6. The van der Waals surface area contributed by atoms with E-state index in [9.17, 15) is 9.18 Å². The van der Waals surface area contributed by atoms with Crippen molar-refractivity contribution in [2.75, 3.05) is 30.8 Å². The lowest BCUT2D eigenvalue weighted by atomic mass is 10.1. The van der Waals surface area contributed by atoms with Crippen LogP contribution in [0.1, 0.15) is 18.4 Å². The zero-order valence-corrected chi connectivity index (χ0v) is 20.4. The Kier molecular flexibility index (Phi) is 6.51. The highest BCUT2D eigenvalue weighted by Crippen LogP contribution is 2.21. The van der Waals surface area contributed by atoms with Gasteiger partial charge in [-0.1, -0.05) is 12.1 Å². The van der Waals surface area contributed by atoms with E-state index in [-0.39, 0.29) is 23.9 Å². The zero-order chi connectivity index (χ0) is 25.2. The van der Waals surface area contributed by atoms with Crippen LogP contribution in [0.15, 0.2) is 60.0 Å². The lowest BCUT2D eigenvalue weighted by Crippen LogP contribution is -2.36. The smallest absolute Gasteiger partial charge is 0.278 e. The second-order valence-corrected chi connectivity index (χ2v) is 9.16. The first-order chi connectivity index (χ1) is 17.4. The third-order valence-electron chi connectivity index (χ3n) is 6.30. The Balaban J connectivity index is 1.54. The maximum Gasteiger partial charge on any atom is 0.278 e. The van der Waals surface area contributed by atoms with Crippen LogP contribution in [0.5, 0.6) is 0 Å². The van der Waals surface area contributed by atoms with Crippen molar-refractivity contribution >= 4 is 28.5 Å². The second kappa shape index (κ2) is 9.90. The van der Waals surface area contributed by atoms with E-state index in [1.807, 2.05) is 25.1 Å². The van der Waals surface area contributed by atoms with Crippen molar-refractivity contribution in [2.24, 2.45) is 0 Å². The van der Waals surface area contributed by atoms with Crippen molar-refractivity contribution in [3.05, 3.63) is 77.0 Å². The first-order valence-corrected chi connectivity index (χ1v) is 12.0. The highest BCUT2D eigenvalue weighted by molar-refractivity contribution is 5.77. The molecule has 10 heteroatoms. The lowest BCUT2D eigenvalue weighted by Gasteiger charge is -2.29. The molecule has 0 radical (unpaired) electrons. The molecule has 2 N–H and O–H groups in total. The van der Waals surface area contributed by atoms with E-state index in [0.717, 1.165) is 37.3 Å². The fourth-order valence-corrected chi connectivity index (χ4v) is 4.53.